The Morgan fingerprint density at radius 1 is 1.09 bits per heavy atom. The van der Waals surface area contributed by atoms with Gasteiger partial charge in [0.2, 0.25) is 5.91 Å². The molecule has 2 N–H and O–H groups in total. The third-order valence-electron chi connectivity index (χ3n) is 5.69. The van der Waals surface area contributed by atoms with Crippen molar-refractivity contribution in [3.8, 4) is 0 Å². The maximum Gasteiger partial charge on any atom is 0.226 e. The van der Waals surface area contributed by atoms with E-state index in [1.807, 2.05) is 0 Å². The molecule has 3 unspecified atom stereocenters. The van der Waals surface area contributed by atoms with Gasteiger partial charge in [0.05, 0.1) is 6.04 Å². The first-order valence-electron chi connectivity index (χ1n) is 8.89. The molecule has 0 aromatic heterocycles. The van der Waals surface area contributed by atoms with Gasteiger partial charge in [-0.15, -0.1) is 12.4 Å². The number of nitrogens with zero attached hydrogens (tertiary/aromatic N) is 1. The van der Waals surface area contributed by atoms with E-state index in [0.29, 0.717) is 18.0 Å². The van der Waals surface area contributed by atoms with Crippen LogP contribution in [0.5, 0.6) is 0 Å². The lowest BCUT2D eigenvalue weighted by molar-refractivity contribution is -0.139. The summed E-state index contributed by atoms with van der Waals surface area (Å²) in [5.41, 5.74) is 8.88. The molecule has 0 radical (unpaired) electrons. The number of carbonyl (C=O) groups is 1. The van der Waals surface area contributed by atoms with Crippen LogP contribution in [0.4, 0.5) is 0 Å². The fourth-order valence-electron chi connectivity index (χ4n) is 4.41. The van der Waals surface area contributed by atoms with Crippen LogP contribution < -0.4 is 5.73 Å². The Morgan fingerprint density at radius 3 is 2.57 bits per heavy atom. The fraction of sp³-hybridized carbons (Fsp3) is 0.632. The molecule has 4 heteroatoms. The fourth-order valence-corrected chi connectivity index (χ4v) is 4.41. The van der Waals surface area contributed by atoms with Gasteiger partial charge in [-0.3, -0.25) is 4.79 Å². The number of hydrogen-bond donors (Lipinski definition) is 1. The lowest BCUT2D eigenvalue weighted by atomic mass is 9.86. The number of rotatable bonds is 3. The molecule has 2 fully saturated rings. The summed E-state index contributed by atoms with van der Waals surface area (Å²) in [5, 5.41) is 0. The lowest BCUT2D eigenvalue weighted by Gasteiger charge is -2.37. The van der Waals surface area contributed by atoms with Crippen LogP contribution in [0.1, 0.15) is 62.1 Å². The van der Waals surface area contributed by atoms with Gasteiger partial charge in [-0.05, 0) is 62.5 Å². The Balaban J connectivity index is 0.00000156. The van der Waals surface area contributed by atoms with Gasteiger partial charge in [-0.2, -0.15) is 0 Å². The Labute approximate surface area is 145 Å². The molecule has 126 valence electrons. The van der Waals surface area contributed by atoms with Crippen LogP contribution in [-0.2, 0) is 11.2 Å². The van der Waals surface area contributed by atoms with Gasteiger partial charge in [0.25, 0.3) is 0 Å². The second-order valence-electron chi connectivity index (χ2n) is 7.35. The van der Waals surface area contributed by atoms with Crippen LogP contribution in [0.2, 0.25) is 0 Å². The smallest absolute Gasteiger partial charge is 0.226 e. The van der Waals surface area contributed by atoms with Crippen LogP contribution >= 0.6 is 12.4 Å². The Morgan fingerprint density at radius 2 is 1.87 bits per heavy atom. The van der Waals surface area contributed by atoms with E-state index in [1.54, 1.807) is 0 Å². The molecule has 23 heavy (non-hydrogen) atoms. The minimum atomic E-state index is 0. The molecule has 0 heterocycles. The van der Waals surface area contributed by atoms with Gasteiger partial charge >= 0.3 is 0 Å². The topological polar surface area (TPSA) is 46.3 Å². The normalized spacial score (nSPS) is 29.5. The van der Waals surface area contributed by atoms with Crippen molar-refractivity contribution < 1.29 is 4.79 Å². The summed E-state index contributed by atoms with van der Waals surface area (Å²) in [6.07, 6.45) is 8.73. The minimum Gasteiger partial charge on any atom is -0.332 e. The molecule has 0 saturated heterocycles. The van der Waals surface area contributed by atoms with E-state index >= 15 is 0 Å². The van der Waals surface area contributed by atoms with E-state index in [0.717, 1.165) is 32.1 Å². The van der Waals surface area contributed by atoms with E-state index in [1.165, 1.54) is 30.4 Å². The highest BCUT2D eigenvalue weighted by atomic mass is 35.5. The highest BCUT2D eigenvalue weighted by molar-refractivity contribution is 5.85. The molecule has 1 aromatic carbocycles. The summed E-state index contributed by atoms with van der Waals surface area (Å²) in [5.74, 6) is 0.557. The number of benzene rings is 1. The summed E-state index contributed by atoms with van der Waals surface area (Å²) >= 11 is 0. The molecule has 1 amide bonds. The van der Waals surface area contributed by atoms with Crippen LogP contribution in [0.25, 0.3) is 0 Å². The van der Waals surface area contributed by atoms with E-state index < -0.39 is 0 Å². The number of halogens is 1. The molecule has 0 spiro atoms. The zero-order chi connectivity index (χ0) is 15.1. The van der Waals surface area contributed by atoms with Gasteiger partial charge in [0.15, 0.2) is 0 Å². The highest BCUT2D eigenvalue weighted by Crippen LogP contribution is 2.42. The predicted octanol–water partition coefficient (Wildman–Crippen LogP) is 3.60. The average Bonchev–Trinajstić information content (AvgIpc) is 3.28. The molecular formula is C19H27ClN2O. The van der Waals surface area contributed by atoms with Crippen molar-refractivity contribution in [3.63, 3.8) is 0 Å². The highest BCUT2D eigenvalue weighted by Gasteiger charge is 2.42. The molecule has 0 aliphatic heterocycles. The van der Waals surface area contributed by atoms with Crippen LogP contribution in [0, 0.1) is 5.92 Å². The first-order valence-corrected chi connectivity index (χ1v) is 8.89. The molecule has 3 aliphatic rings. The number of nitrogens with two attached hydrogens (primary N) is 1. The minimum absolute atomic E-state index is 0. The van der Waals surface area contributed by atoms with Gasteiger partial charge in [-0.1, -0.05) is 24.3 Å². The second-order valence-corrected chi connectivity index (χ2v) is 7.35. The number of aryl methyl sites for hydroxylation is 1. The summed E-state index contributed by atoms with van der Waals surface area (Å²) in [7, 11) is 0. The van der Waals surface area contributed by atoms with Gasteiger partial charge in [0.1, 0.15) is 0 Å². The van der Waals surface area contributed by atoms with Crippen molar-refractivity contribution in [1.29, 1.82) is 0 Å². The number of amides is 1. The van der Waals surface area contributed by atoms with Crippen molar-refractivity contribution in [2.75, 3.05) is 0 Å². The van der Waals surface area contributed by atoms with Crippen molar-refractivity contribution in [3.05, 3.63) is 35.4 Å². The van der Waals surface area contributed by atoms with Gasteiger partial charge in [0, 0.05) is 18.0 Å². The van der Waals surface area contributed by atoms with Crippen molar-refractivity contribution in [2.24, 2.45) is 11.7 Å². The van der Waals surface area contributed by atoms with Crippen molar-refractivity contribution >= 4 is 18.3 Å². The maximum absolute atomic E-state index is 13.2. The zero-order valence-corrected chi connectivity index (χ0v) is 14.4. The average molecular weight is 335 g/mol. The van der Waals surface area contributed by atoms with E-state index in [9.17, 15) is 4.79 Å². The Kier molecular flexibility index (Phi) is 4.98. The molecular weight excluding hydrogens is 308 g/mol. The molecule has 2 saturated carbocycles. The first-order chi connectivity index (χ1) is 10.7. The SMILES string of the molecule is Cl.NC1CCC(C(=O)N(C2CC2)C2CCCc3ccccc32)C1. The van der Waals surface area contributed by atoms with Crippen molar-refractivity contribution in [1.82, 2.24) is 4.90 Å². The van der Waals surface area contributed by atoms with Crippen molar-refractivity contribution in [2.45, 2.75) is 69.5 Å². The number of hydrogen-bond acceptors (Lipinski definition) is 2. The van der Waals surface area contributed by atoms with Gasteiger partial charge < -0.3 is 10.6 Å². The first kappa shape index (κ1) is 16.8. The number of fused-ring (bicyclic) bond motifs is 1. The largest absolute Gasteiger partial charge is 0.332 e. The summed E-state index contributed by atoms with van der Waals surface area (Å²) in [6, 6.07) is 9.75. The molecule has 0 bridgehead atoms. The van der Waals surface area contributed by atoms with E-state index in [2.05, 4.69) is 29.2 Å². The Hall–Kier alpha value is -1.06. The summed E-state index contributed by atoms with van der Waals surface area (Å²) in [4.78, 5) is 15.4. The second kappa shape index (κ2) is 6.82. The maximum atomic E-state index is 13.2. The van der Waals surface area contributed by atoms with Gasteiger partial charge in [-0.25, -0.2) is 0 Å². The summed E-state index contributed by atoms with van der Waals surface area (Å²) in [6.45, 7) is 0. The standard InChI is InChI=1S/C19H26N2O.ClH/c20-15-9-8-14(12-15)19(22)21(16-10-11-16)18-7-3-5-13-4-1-2-6-17(13)18;/h1-2,4,6,14-16,18H,3,5,7-12,20H2;1H. The van der Waals surface area contributed by atoms with Crippen LogP contribution in [-0.4, -0.2) is 22.9 Å². The van der Waals surface area contributed by atoms with Crippen LogP contribution in [0.15, 0.2) is 24.3 Å². The molecule has 3 aliphatic carbocycles. The lowest BCUT2D eigenvalue weighted by Crippen LogP contribution is -2.41. The zero-order valence-electron chi connectivity index (χ0n) is 13.6. The van der Waals surface area contributed by atoms with Crippen LogP contribution in [0.3, 0.4) is 0 Å². The monoisotopic (exact) mass is 334 g/mol. The van der Waals surface area contributed by atoms with E-state index in [4.69, 9.17) is 5.73 Å². The molecule has 3 atom stereocenters. The number of carbonyl (C=O) groups excluding carboxylic acids is 1. The van der Waals surface area contributed by atoms with E-state index in [-0.39, 0.29) is 24.4 Å². The Bertz CT molecular complexity index is 572. The third-order valence-corrected chi connectivity index (χ3v) is 5.69. The summed E-state index contributed by atoms with van der Waals surface area (Å²) < 4.78 is 0. The quantitative estimate of drug-likeness (QED) is 0.918. The molecule has 3 nitrogen and oxygen atoms in total. The third kappa shape index (κ3) is 3.27. The molecule has 1 aromatic rings. The molecule has 4 rings (SSSR count). The predicted molar refractivity (Wildman–Crippen MR) is 94.6 cm³/mol.